The lowest BCUT2D eigenvalue weighted by Gasteiger charge is -2.23. The lowest BCUT2D eigenvalue weighted by molar-refractivity contribution is -0.136. The monoisotopic (exact) mass is 495 g/mol. The summed E-state index contributed by atoms with van der Waals surface area (Å²) < 4.78 is 5.66. The maximum atomic E-state index is 13.4. The van der Waals surface area contributed by atoms with Crippen molar-refractivity contribution in [2.75, 3.05) is 13.1 Å². The molecule has 8 nitrogen and oxygen atoms in total. The third-order valence-electron chi connectivity index (χ3n) is 7.46. The van der Waals surface area contributed by atoms with Gasteiger partial charge in [-0.1, -0.05) is 63.1 Å². The van der Waals surface area contributed by atoms with Crippen LogP contribution in [0, 0.1) is 5.92 Å². The molecule has 1 aromatic heterocycles. The molecule has 0 spiro atoms. The zero-order valence-corrected chi connectivity index (χ0v) is 20.9. The molecular weight excluding hydrogens is 458 g/mol. The number of amides is 2. The molecule has 1 saturated carbocycles. The first kappa shape index (κ1) is 25.9. The van der Waals surface area contributed by atoms with E-state index in [1.807, 2.05) is 6.07 Å². The molecule has 1 saturated heterocycles. The Balaban J connectivity index is 1.31. The van der Waals surface area contributed by atoms with Gasteiger partial charge in [0.05, 0.1) is 0 Å². The molecule has 2 fully saturated rings. The van der Waals surface area contributed by atoms with Crippen LogP contribution in [0.25, 0.3) is 0 Å². The van der Waals surface area contributed by atoms with Gasteiger partial charge in [-0.2, -0.15) is 0 Å². The smallest absolute Gasteiger partial charge is 0.303 e. The van der Waals surface area contributed by atoms with E-state index >= 15 is 0 Å². The lowest BCUT2D eigenvalue weighted by atomic mass is 9.86. The first-order valence-electron chi connectivity index (χ1n) is 13.4. The zero-order valence-electron chi connectivity index (χ0n) is 20.9. The number of aryl methyl sites for hydroxylation is 1. The van der Waals surface area contributed by atoms with Crippen molar-refractivity contribution in [3.63, 3.8) is 0 Å². The van der Waals surface area contributed by atoms with Crippen LogP contribution >= 0.6 is 0 Å². The highest BCUT2D eigenvalue weighted by Gasteiger charge is 2.35. The molecule has 2 aromatic rings. The van der Waals surface area contributed by atoms with E-state index in [9.17, 15) is 14.4 Å². The predicted molar refractivity (Wildman–Crippen MR) is 135 cm³/mol. The molecule has 2 N–H and O–H groups in total. The van der Waals surface area contributed by atoms with Crippen molar-refractivity contribution in [2.45, 2.75) is 83.1 Å². The molecule has 1 aliphatic carbocycles. The Morgan fingerprint density at radius 1 is 1.06 bits per heavy atom. The average molecular weight is 496 g/mol. The summed E-state index contributed by atoms with van der Waals surface area (Å²) in [5.74, 6) is -0.0932. The number of nitrogens with one attached hydrogen (secondary N) is 1. The third-order valence-corrected chi connectivity index (χ3v) is 7.46. The fourth-order valence-corrected chi connectivity index (χ4v) is 5.48. The van der Waals surface area contributed by atoms with Crippen LogP contribution in [0.1, 0.15) is 109 Å². The van der Waals surface area contributed by atoms with Crippen LogP contribution in [0.15, 0.2) is 34.9 Å². The normalized spacial score (nSPS) is 18.3. The number of hydrogen-bond acceptors (Lipinski definition) is 5. The third kappa shape index (κ3) is 6.74. The first-order valence-corrected chi connectivity index (χ1v) is 13.4. The zero-order chi connectivity index (χ0) is 25.3. The number of carboxylic acids is 1. The Bertz CT molecular complexity index is 1040. The van der Waals surface area contributed by atoms with Crippen LogP contribution in [0.5, 0.6) is 0 Å². The number of aromatic nitrogens is 1. The number of oxazole rings is 1. The van der Waals surface area contributed by atoms with Gasteiger partial charge in [-0.05, 0) is 43.2 Å². The van der Waals surface area contributed by atoms with Gasteiger partial charge in [-0.3, -0.25) is 14.4 Å². The molecule has 2 aliphatic rings. The first-order chi connectivity index (χ1) is 17.5. The summed E-state index contributed by atoms with van der Waals surface area (Å²) in [5.41, 5.74) is 1.45. The number of carbonyl (C=O) groups is 3. The number of nitrogens with zero attached hydrogens (tertiary/aromatic N) is 2. The second-order valence-corrected chi connectivity index (χ2v) is 10.0. The van der Waals surface area contributed by atoms with Crippen LogP contribution in [0.2, 0.25) is 0 Å². The topological polar surface area (TPSA) is 113 Å². The highest BCUT2D eigenvalue weighted by Crippen LogP contribution is 2.33. The van der Waals surface area contributed by atoms with E-state index in [0.717, 1.165) is 25.2 Å². The van der Waals surface area contributed by atoms with Crippen LogP contribution in [0.3, 0.4) is 0 Å². The van der Waals surface area contributed by atoms with Gasteiger partial charge in [-0.15, -0.1) is 0 Å². The molecule has 1 aliphatic heterocycles. The summed E-state index contributed by atoms with van der Waals surface area (Å²) >= 11 is 0. The summed E-state index contributed by atoms with van der Waals surface area (Å²) in [7, 11) is 0. The largest absolute Gasteiger partial charge is 0.481 e. The van der Waals surface area contributed by atoms with E-state index in [1.54, 1.807) is 23.1 Å². The highest BCUT2D eigenvalue weighted by molar-refractivity contribution is 5.96. The number of carboxylic acid groups (broad SMARTS) is 1. The molecule has 2 heterocycles. The van der Waals surface area contributed by atoms with E-state index in [-0.39, 0.29) is 30.0 Å². The van der Waals surface area contributed by atoms with Gasteiger partial charge in [0.25, 0.3) is 11.8 Å². The highest BCUT2D eigenvalue weighted by atomic mass is 16.4. The molecule has 1 atom stereocenters. The van der Waals surface area contributed by atoms with E-state index in [0.29, 0.717) is 42.9 Å². The number of rotatable bonds is 11. The van der Waals surface area contributed by atoms with Gasteiger partial charge >= 0.3 is 5.97 Å². The number of carbonyl (C=O) groups excluding carboxylic acids is 2. The van der Waals surface area contributed by atoms with E-state index in [1.165, 1.54) is 44.8 Å². The quantitative estimate of drug-likeness (QED) is 0.417. The van der Waals surface area contributed by atoms with E-state index < -0.39 is 5.97 Å². The minimum Gasteiger partial charge on any atom is -0.481 e. The minimum absolute atomic E-state index is 0.0352. The van der Waals surface area contributed by atoms with Crippen molar-refractivity contribution in [1.82, 2.24) is 15.2 Å². The number of unbranched alkanes of at least 4 members (excludes halogenated alkanes) is 1. The van der Waals surface area contributed by atoms with Crippen molar-refractivity contribution in [3.05, 3.63) is 53.2 Å². The Kier molecular flexibility index (Phi) is 9.14. The Morgan fingerprint density at radius 2 is 1.86 bits per heavy atom. The van der Waals surface area contributed by atoms with Gasteiger partial charge < -0.3 is 19.7 Å². The molecule has 8 heteroatoms. The van der Waals surface area contributed by atoms with Gasteiger partial charge in [0.2, 0.25) is 5.89 Å². The molecule has 1 aromatic carbocycles. The predicted octanol–water partition coefficient (Wildman–Crippen LogP) is 5.15. The van der Waals surface area contributed by atoms with Crippen LogP contribution in [-0.4, -0.2) is 45.9 Å². The average Bonchev–Trinajstić information content (AvgIpc) is 3.57. The number of benzene rings is 1. The van der Waals surface area contributed by atoms with Gasteiger partial charge in [0, 0.05) is 25.1 Å². The van der Waals surface area contributed by atoms with Crippen molar-refractivity contribution < 1.29 is 23.9 Å². The van der Waals surface area contributed by atoms with Crippen molar-refractivity contribution in [1.29, 1.82) is 0 Å². The van der Waals surface area contributed by atoms with Crippen LogP contribution < -0.4 is 5.32 Å². The molecule has 0 radical (unpaired) electrons. The summed E-state index contributed by atoms with van der Waals surface area (Å²) in [6.45, 7) is 1.18. The fraction of sp³-hybridized carbons (Fsp3) is 0.571. The SMILES string of the molecule is O=C(O)CCc1ccccc1C(=O)N1CCCC1c1nc(C(=O)NCCCCC2CCCCC2)co1. The number of likely N-dealkylation sites (tertiary alicyclic amines) is 1. The molecule has 0 bridgehead atoms. The van der Waals surface area contributed by atoms with Gasteiger partial charge in [-0.25, -0.2) is 4.98 Å². The van der Waals surface area contributed by atoms with Crippen molar-refractivity contribution in [2.24, 2.45) is 5.92 Å². The minimum atomic E-state index is -0.897. The van der Waals surface area contributed by atoms with E-state index in [4.69, 9.17) is 9.52 Å². The molecule has 194 valence electrons. The summed E-state index contributed by atoms with van der Waals surface area (Å²) in [4.78, 5) is 43.1. The molecule has 36 heavy (non-hydrogen) atoms. The molecule has 1 unspecified atom stereocenters. The van der Waals surface area contributed by atoms with E-state index in [2.05, 4.69) is 10.3 Å². The summed E-state index contributed by atoms with van der Waals surface area (Å²) in [6, 6.07) is 6.78. The Hall–Kier alpha value is -3.16. The molecule has 2 amide bonds. The van der Waals surface area contributed by atoms with Gasteiger partial charge in [0.15, 0.2) is 5.69 Å². The van der Waals surface area contributed by atoms with Crippen LogP contribution in [0.4, 0.5) is 0 Å². The van der Waals surface area contributed by atoms with Crippen molar-refractivity contribution >= 4 is 17.8 Å². The Labute approximate surface area is 212 Å². The molecular formula is C28H37N3O5. The second kappa shape index (κ2) is 12.7. The molecule has 4 rings (SSSR count). The standard InChI is InChI=1S/C28H37N3O5/c32-25(33)16-15-21-12-4-5-13-22(21)28(35)31-18-8-14-24(31)27-30-23(19-36-27)26(34)29-17-7-6-11-20-9-2-1-3-10-20/h4-5,12-13,19-20,24H,1-3,6-11,14-18H2,(H,29,34)(H,32,33). The summed E-state index contributed by atoms with van der Waals surface area (Å²) in [5, 5.41) is 12.0. The maximum absolute atomic E-state index is 13.4. The summed E-state index contributed by atoms with van der Waals surface area (Å²) in [6.07, 6.45) is 13.3. The second-order valence-electron chi connectivity index (χ2n) is 10.0. The van der Waals surface area contributed by atoms with Gasteiger partial charge in [0.1, 0.15) is 12.3 Å². The van der Waals surface area contributed by atoms with Crippen LogP contribution in [-0.2, 0) is 11.2 Å². The van der Waals surface area contributed by atoms with Crippen molar-refractivity contribution in [3.8, 4) is 0 Å². The fourth-order valence-electron chi connectivity index (χ4n) is 5.48. The maximum Gasteiger partial charge on any atom is 0.303 e. The Morgan fingerprint density at radius 3 is 2.67 bits per heavy atom. The lowest BCUT2D eigenvalue weighted by Crippen LogP contribution is -2.31. The number of aliphatic carboxylic acids is 1. The number of hydrogen-bond donors (Lipinski definition) is 2.